The minimum Gasteiger partial charge on any atom is -0.394 e. The highest BCUT2D eigenvalue weighted by molar-refractivity contribution is 5.94. The van der Waals surface area contributed by atoms with Crippen molar-refractivity contribution in [2.45, 2.75) is 25.9 Å². The number of aliphatic hydroxyl groups excluding tert-OH is 1. The maximum absolute atomic E-state index is 11.9. The van der Waals surface area contributed by atoms with Crippen LogP contribution in [0.25, 0.3) is 0 Å². The number of hydrogen-bond donors (Lipinski definition) is 3. The van der Waals surface area contributed by atoms with E-state index in [9.17, 15) is 4.79 Å². The van der Waals surface area contributed by atoms with Crippen LogP contribution in [0.1, 0.15) is 28.4 Å². The highest BCUT2D eigenvalue weighted by Gasteiger charge is 2.13. The Kier molecular flexibility index (Phi) is 3.76. The summed E-state index contributed by atoms with van der Waals surface area (Å²) < 4.78 is 0. The summed E-state index contributed by atoms with van der Waals surface area (Å²) in [5.74, 6) is -0.125. The van der Waals surface area contributed by atoms with E-state index in [2.05, 4.69) is 10.6 Å². The highest BCUT2D eigenvalue weighted by Crippen LogP contribution is 2.15. The molecule has 0 saturated heterocycles. The van der Waals surface area contributed by atoms with Crippen LogP contribution in [0.5, 0.6) is 0 Å². The van der Waals surface area contributed by atoms with Crippen LogP contribution in [0.3, 0.4) is 0 Å². The lowest BCUT2D eigenvalue weighted by atomic mass is 9.98. The van der Waals surface area contributed by atoms with Crippen LogP contribution < -0.4 is 10.6 Å². The molecule has 1 aliphatic rings. The van der Waals surface area contributed by atoms with Crippen molar-refractivity contribution in [3.8, 4) is 0 Å². The van der Waals surface area contributed by atoms with Gasteiger partial charge in [-0.05, 0) is 43.1 Å². The van der Waals surface area contributed by atoms with Gasteiger partial charge in [-0.25, -0.2) is 0 Å². The third-order valence-electron chi connectivity index (χ3n) is 3.01. The average Bonchev–Trinajstić information content (AvgIpc) is 2.38. The first-order valence-corrected chi connectivity index (χ1v) is 5.95. The summed E-state index contributed by atoms with van der Waals surface area (Å²) in [7, 11) is 0. The molecule has 0 fully saturated rings. The second-order valence-electron chi connectivity index (χ2n) is 4.47. The van der Waals surface area contributed by atoms with E-state index in [0.29, 0.717) is 5.56 Å². The van der Waals surface area contributed by atoms with Crippen molar-refractivity contribution in [1.29, 1.82) is 0 Å². The van der Waals surface area contributed by atoms with Gasteiger partial charge in [0.15, 0.2) is 0 Å². The van der Waals surface area contributed by atoms with Crippen molar-refractivity contribution < 1.29 is 9.90 Å². The normalized spacial score (nSPS) is 16.1. The van der Waals surface area contributed by atoms with Gasteiger partial charge in [0.25, 0.3) is 5.91 Å². The summed E-state index contributed by atoms with van der Waals surface area (Å²) in [5, 5.41) is 14.9. The van der Waals surface area contributed by atoms with Crippen molar-refractivity contribution in [3.63, 3.8) is 0 Å². The molecule has 1 aliphatic heterocycles. The van der Waals surface area contributed by atoms with Gasteiger partial charge in [0, 0.05) is 18.2 Å². The lowest BCUT2D eigenvalue weighted by Gasteiger charge is -2.18. The topological polar surface area (TPSA) is 61.4 Å². The number of amides is 1. The Bertz CT molecular complexity index is 418. The van der Waals surface area contributed by atoms with E-state index in [0.717, 1.165) is 19.5 Å². The molecule has 1 aromatic rings. The Labute approximate surface area is 101 Å². The second-order valence-corrected chi connectivity index (χ2v) is 4.47. The van der Waals surface area contributed by atoms with Gasteiger partial charge < -0.3 is 15.7 Å². The van der Waals surface area contributed by atoms with Crippen LogP contribution in [0.2, 0.25) is 0 Å². The second kappa shape index (κ2) is 5.29. The molecule has 4 nitrogen and oxygen atoms in total. The lowest BCUT2D eigenvalue weighted by molar-refractivity contribution is 0.0922. The Hall–Kier alpha value is -1.39. The van der Waals surface area contributed by atoms with Crippen LogP contribution >= 0.6 is 0 Å². The predicted octanol–water partition coefficient (Wildman–Crippen LogP) is 0.443. The molecular weight excluding hydrogens is 216 g/mol. The summed E-state index contributed by atoms with van der Waals surface area (Å²) in [6.45, 7) is 3.56. The fraction of sp³-hybridized carbons (Fsp3) is 0.462. The van der Waals surface area contributed by atoms with Crippen LogP contribution in [-0.2, 0) is 13.0 Å². The van der Waals surface area contributed by atoms with Crippen molar-refractivity contribution in [2.75, 3.05) is 13.2 Å². The molecule has 0 saturated carbocycles. The van der Waals surface area contributed by atoms with Gasteiger partial charge in [-0.1, -0.05) is 6.07 Å². The molecule has 0 spiro atoms. The van der Waals surface area contributed by atoms with Crippen LogP contribution in [0, 0.1) is 0 Å². The molecule has 92 valence electrons. The van der Waals surface area contributed by atoms with E-state index in [1.165, 1.54) is 11.1 Å². The third kappa shape index (κ3) is 2.84. The first-order chi connectivity index (χ1) is 8.20. The fourth-order valence-electron chi connectivity index (χ4n) is 1.97. The molecule has 1 atom stereocenters. The quantitative estimate of drug-likeness (QED) is 0.711. The molecule has 3 N–H and O–H groups in total. The molecule has 1 heterocycles. The number of rotatable bonds is 3. The van der Waals surface area contributed by atoms with E-state index >= 15 is 0 Å². The minimum absolute atomic E-state index is 0.0434. The van der Waals surface area contributed by atoms with Gasteiger partial charge in [0.2, 0.25) is 0 Å². The molecule has 1 aromatic carbocycles. The van der Waals surface area contributed by atoms with Gasteiger partial charge in [0.1, 0.15) is 0 Å². The van der Waals surface area contributed by atoms with Crippen molar-refractivity contribution in [2.24, 2.45) is 0 Å². The number of hydrogen-bond acceptors (Lipinski definition) is 3. The van der Waals surface area contributed by atoms with Gasteiger partial charge >= 0.3 is 0 Å². The summed E-state index contributed by atoms with van der Waals surface area (Å²) in [6.07, 6.45) is 1.02. The largest absolute Gasteiger partial charge is 0.394 e. The van der Waals surface area contributed by atoms with E-state index in [-0.39, 0.29) is 18.6 Å². The zero-order valence-electron chi connectivity index (χ0n) is 9.99. The Morgan fingerprint density at radius 1 is 1.53 bits per heavy atom. The minimum atomic E-state index is -0.211. The molecule has 0 bridgehead atoms. The van der Waals surface area contributed by atoms with E-state index in [1.54, 1.807) is 6.92 Å². The van der Waals surface area contributed by atoms with Crippen LogP contribution in [-0.4, -0.2) is 30.2 Å². The Morgan fingerprint density at radius 3 is 3.12 bits per heavy atom. The molecule has 17 heavy (non-hydrogen) atoms. The third-order valence-corrected chi connectivity index (χ3v) is 3.01. The zero-order valence-corrected chi connectivity index (χ0v) is 9.99. The Balaban J connectivity index is 2.13. The summed E-state index contributed by atoms with van der Waals surface area (Å²) in [6, 6.07) is 5.59. The van der Waals surface area contributed by atoms with E-state index < -0.39 is 0 Å². The molecule has 0 aliphatic carbocycles. The maximum atomic E-state index is 11.9. The number of carbonyl (C=O) groups is 1. The van der Waals surface area contributed by atoms with Crippen molar-refractivity contribution >= 4 is 5.91 Å². The average molecular weight is 234 g/mol. The fourth-order valence-corrected chi connectivity index (χ4v) is 1.97. The smallest absolute Gasteiger partial charge is 0.251 e. The van der Waals surface area contributed by atoms with Gasteiger partial charge in [0.05, 0.1) is 6.61 Å². The molecule has 1 amide bonds. The number of aliphatic hydroxyl groups is 1. The monoisotopic (exact) mass is 234 g/mol. The Morgan fingerprint density at radius 2 is 2.35 bits per heavy atom. The summed E-state index contributed by atoms with van der Waals surface area (Å²) >= 11 is 0. The highest BCUT2D eigenvalue weighted by atomic mass is 16.3. The van der Waals surface area contributed by atoms with Crippen molar-refractivity contribution in [1.82, 2.24) is 10.6 Å². The van der Waals surface area contributed by atoms with Crippen LogP contribution in [0.4, 0.5) is 0 Å². The molecule has 0 aromatic heterocycles. The molecule has 0 radical (unpaired) electrons. The lowest BCUT2D eigenvalue weighted by Crippen LogP contribution is -2.35. The van der Waals surface area contributed by atoms with Gasteiger partial charge in [-0.2, -0.15) is 0 Å². The van der Waals surface area contributed by atoms with Crippen LogP contribution in [0.15, 0.2) is 18.2 Å². The molecule has 4 heteroatoms. The first kappa shape index (κ1) is 12.1. The van der Waals surface area contributed by atoms with Gasteiger partial charge in [-0.15, -0.1) is 0 Å². The van der Waals surface area contributed by atoms with E-state index in [4.69, 9.17) is 5.11 Å². The first-order valence-electron chi connectivity index (χ1n) is 5.95. The van der Waals surface area contributed by atoms with E-state index in [1.807, 2.05) is 18.2 Å². The molecule has 0 unspecified atom stereocenters. The molecule has 2 rings (SSSR count). The van der Waals surface area contributed by atoms with Crippen molar-refractivity contribution in [3.05, 3.63) is 34.9 Å². The molecular formula is C13H18N2O2. The number of carbonyl (C=O) groups excluding carboxylic acids is 1. The maximum Gasteiger partial charge on any atom is 0.251 e. The van der Waals surface area contributed by atoms with Gasteiger partial charge in [-0.3, -0.25) is 4.79 Å². The summed E-state index contributed by atoms with van der Waals surface area (Å²) in [4.78, 5) is 11.9. The number of fused-ring (bicyclic) bond motifs is 1. The number of benzene rings is 1. The summed E-state index contributed by atoms with van der Waals surface area (Å²) in [5.41, 5.74) is 3.17. The number of nitrogens with one attached hydrogen (secondary N) is 2. The SMILES string of the molecule is C[C@H](CO)NC(=O)c1ccc2c(c1)CNCC2. The predicted molar refractivity (Wildman–Crippen MR) is 65.9 cm³/mol. The zero-order chi connectivity index (χ0) is 12.3. The standard InChI is InChI=1S/C13H18N2O2/c1-9(8-16)15-13(17)11-3-2-10-4-5-14-7-12(10)6-11/h2-3,6,9,14,16H,4-5,7-8H2,1H3,(H,15,17)/t9-/m1/s1.